The molecule has 9 heteroatoms. The minimum atomic E-state index is -0.491. The Morgan fingerprint density at radius 2 is 2.21 bits per heavy atom. The molecule has 29 heavy (non-hydrogen) atoms. The average Bonchev–Trinajstić information content (AvgIpc) is 3.46. The quantitative estimate of drug-likeness (QED) is 0.529. The lowest BCUT2D eigenvalue weighted by Gasteiger charge is -2.14. The molecule has 0 saturated heterocycles. The molecule has 0 radical (unpaired) electrons. The summed E-state index contributed by atoms with van der Waals surface area (Å²) in [6, 6.07) is 7.60. The topological polar surface area (TPSA) is 101 Å². The Morgan fingerprint density at radius 1 is 1.31 bits per heavy atom. The van der Waals surface area contributed by atoms with E-state index in [0.717, 1.165) is 30.2 Å². The van der Waals surface area contributed by atoms with Crippen LogP contribution in [0.1, 0.15) is 20.8 Å². The maximum atomic E-state index is 11.7. The van der Waals surface area contributed by atoms with Gasteiger partial charge >= 0.3 is 0 Å². The maximum absolute atomic E-state index is 11.7. The van der Waals surface area contributed by atoms with Crippen molar-refractivity contribution in [1.82, 2.24) is 19.4 Å². The van der Waals surface area contributed by atoms with Crippen LogP contribution in [0.2, 0.25) is 0 Å². The first-order valence-electron chi connectivity index (χ1n) is 9.26. The van der Waals surface area contributed by atoms with E-state index in [-0.39, 0.29) is 0 Å². The van der Waals surface area contributed by atoms with Crippen LogP contribution in [0.25, 0.3) is 17.2 Å². The number of thiophene rings is 1. The average molecular weight is 405 g/mol. The first kappa shape index (κ1) is 17.6. The lowest BCUT2D eigenvalue weighted by atomic mass is 10.2. The number of primary amides is 1. The second kappa shape index (κ2) is 6.85. The first-order chi connectivity index (χ1) is 14.1. The van der Waals surface area contributed by atoms with Gasteiger partial charge in [-0.05, 0) is 30.0 Å². The zero-order chi connectivity index (χ0) is 20.0. The highest BCUT2D eigenvalue weighted by Crippen LogP contribution is 2.33. The number of imidazole rings is 1. The van der Waals surface area contributed by atoms with Gasteiger partial charge in [-0.15, -0.1) is 11.3 Å². The summed E-state index contributed by atoms with van der Waals surface area (Å²) in [5.41, 5.74) is 7.68. The van der Waals surface area contributed by atoms with Gasteiger partial charge in [-0.25, -0.2) is 15.0 Å². The van der Waals surface area contributed by atoms with Gasteiger partial charge in [0.05, 0.1) is 23.8 Å². The van der Waals surface area contributed by atoms with E-state index in [9.17, 15) is 4.79 Å². The maximum Gasteiger partial charge on any atom is 0.250 e. The molecule has 146 valence electrons. The third kappa shape index (κ3) is 2.99. The fourth-order valence-electron chi connectivity index (χ4n) is 3.63. The van der Waals surface area contributed by atoms with Gasteiger partial charge in [-0.2, -0.15) is 0 Å². The second-order valence-corrected chi connectivity index (χ2v) is 7.96. The Kier molecular flexibility index (Phi) is 4.17. The van der Waals surface area contributed by atoms with Gasteiger partial charge in [0.1, 0.15) is 11.6 Å². The van der Waals surface area contributed by atoms with Crippen molar-refractivity contribution in [3.05, 3.63) is 58.0 Å². The minimum absolute atomic E-state index is 0.417. The highest BCUT2D eigenvalue weighted by Gasteiger charge is 2.25. The highest BCUT2D eigenvalue weighted by atomic mass is 32.1. The zero-order valence-electron chi connectivity index (χ0n) is 15.8. The van der Waals surface area contributed by atoms with E-state index < -0.39 is 5.91 Å². The van der Waals surface area contributed by atoms with Crippen LogP contribution < -0.4 is 16.0 Å². The number of hydrogen-bond acceptors (Lipinski definition) is 7. The van der Waals surface area contributed by atoms with E-state index in [1.165, 1.54) is 4.88 Å². The van der Waals surface area contributed by atoms with E-state index in [2.05, 4.69) is 26.6 Å². The molecular formula is C20H19N7OS. The van der Waals surface area contributed by atoms with Gasteiger partial charge < -0.3 is 16.0 Å². The van der Waals surface area contributed by atoms with E-state index in [1.807, 2.05) is 19.3 Å². The smallest absolute Gasteiger partial charge is 0.250 e. The van der Waals surface area contributed by atoms with Crippen LogP contribution in [0.15, 0.2) is 42.0 Å². The van der Waals surface area contributed by atoms with Crippen LogP contribution in [0, 0.1) is 0 Å². The summed E-state index contributed by atoms with van der Waals surface area (Å²) in [5.74, 6) is 2.32. The lowest BCUT2D eigenvalue weighted by Crippen LogP contribution is -2.15. The summed E-state index contributed by atoms with van der Waals surface area (Å²) >= 11 is 1.71. The summed E-state index contributed by atoms with van der Waals surface area (Å²) < 4.78 is 1.81. The molecule has 5 heterocycles. The van der Waals surface area contributed by atoms with Gasteiger partial charge in [0.25, 0.3) is 5.91 Å². The molecule has 3 N–H and O–H groups in total. The van der Waals surface area contributed by atoms with Crippen LogP contribution >= 0.6 is 11.3 Å². The number of anilines is 2. The van der Waals surface area contributed by atoms with Gasteiger partial charge in [-0.1, -0.05) is 6.07 Å². The highest BCUT2D eigenvalue weighted by molar-refractivity contribution is 7.09. The van der Waals surface area contributed by atoms with E-state index in [4.69, 9.17) is 15.7 Å². The van der Waals surface area contributed by atoms with Crippen LogP contribution in [0.4, 0.5) is 11.6 Å². The predicted octanol–water partition coefficient (Wildman–Crippen LogP) is 2.56. The molecule has 0 aliphatic carbocycles. The largest absolute Gasteiger partial charge is 0.366 e. The molecule has 0 saturated carbocycles. The van der Waals surface area contributed by atoms with Gasteiger partial charge in [0.15, 0.2) is 11.6 Å². The monoisotopic (exact) mass is 405 g/mol. The SMILES string of the molecule is CN1CCc2c(NCc3cccs3)nc(-c3ncc4c(C(N)=O)cccn34)nc21. The molecule has 0 atom stereocenters. The molecule has 1 aliphatic heterocycles. The molecule has 0 bridgehead atoms. The summed E-state index contributed by atoms with van der Waals surface area (Å²) in [6.07, 6.45) is 4.37. The third-order valence-corrected chi connectivity index (χ3v) is 5.97. The van der Waals surface area contributed by atoms with Crippen molar-refractivity contribution < 1.29 is 4.79 Å². The third-order valence-electron chi connectivity index (χ3n) is 5.09. The number of nitrogens with one attached hydrogen (secondary N) is 1. The number of hydrogen-bond donors (Lipinski definition) is 2. The summed E-state index contributed by atoms with van der Waals surface area (Å²) in [6.45, 7) is 1.60. The van der Waals surface area contributed by atoms with Crippen molar-refractivity contribution in [2.75, 3.05) is 23.8 Å². The van der Waals surface area contributed by atoms with Gasteiger partial charge in [-0.3, -0.25) is 9.20 Å². The van der Waals surface area contributed by atoms with Crippen molar-refractivity contribution in [3.63, 3.8) is 0 Å². The molecule has 0 spiro atoms. The molecule has 0 aromatic carbocycles. The van der Waals surface area contributed by atoms with Crippen LogP contribution in [0.3, 0.4) is 0 Å². The van der Waals surface area contributed by atoms with Crippen LogP contribution in [-0.2, 0) is 13.0 Å². The van der Waals surface area contributed by atoms with E-state index >= 15 is 0 Å². The molecule has 4 aromatic rings. The Morgan fingerprint density at radius 3 is 3.00 bits per heavy atom. The number of aromatic nitrogens is 4. The standard InChI is InChI=1S/C20H19N7OS/c1-26-8-6-14-17(22-10-12-4-3-9-29-12)24-18(25-19(14)26)20-23-11-15-13(16(21)28)5-2-7-27(15)20/h2-5,7,9,11H,6,8,10H2,1H3,(H2,21,28)(H,22,24,25). The minimum Gasteiger partial charge on any atom is -0.366 e. The second-order valence-electron chi connectivity index (χ2n) is 6.93. The Balaban J connectivity index is 1.61. The molecule has 5 rings (SSSR count). The summed E-state index contributed by atoms with van der Waals surface area (Å²) in [5, 5.41) is 5.53. The van der Waals surface area contributed by atoms with Gasteiger partial charge in [0.2, 0.25) is 0 Å². The van der Waals surface area contributed by atoms with Crippen molar-refractivity contribution >= 4 is 34.4 Å². The molecule has 1 aliphatic rings. The van der Waals surface area contributed by atoms with E-state index in [0.29, 0.717) is 29.3 Å². The lowest BCUT2D eigenvalue weighted by molar-refractivity contribution is 0.100. The summed E-state index contributed by atoms with van der Waals surface area (Å²) in [7, 11) is 2.03. The number of amides is 1. The van der Waals surface area contributed by atoms with E-state index in [1.54, 1.807) is 34.1 Å². The molecule has 0 fully saturated rings. The molecular weight excluding hydrogens is 386 g/mol. The van der Waals surface area contributed by atoms with Crippen molar-refractivity contribution in [3.8, 4) is 11.6 Å². The number of nitrogens with two attached hydrogens (primary N) is 1. The number of rotatable bonds is 5. The van der Waals surface area contributed by atoms with Crippen molar-refractivity contribution in [1.29, 1.82) is 0 Å². The zero-order valence-corrected chi connectivity index (χ0v) is 16.6. The Labute approximate surface area is 171 Å². The summed E-state index contributed by atoms with van der Waals surface area (Å²) in [4.78, 5) is 29.2. The number of carbonyl (C=O) groups excluding carboxylic acids is 1. The number of pyridine rings is 1. The number of nitrogens with zero attached hydrogens (tertiary/aromatic N) is 5. The number of fused-ring (bicyclic) bond motifs is 2. The Bertz CT molecular complexity index is 1220. The first-order valence-corrected chi connectivity index (χ1v) is 10.1. The number of carbonyl (C=O) groups is 1. The number of likely N-dealkylation sites (N-methyl/N-ethyl adjacent to an activating group) is 1. The van der Waals surface area contributed by atoms with Crippen LogP contribution in [0.5, 0.6) is 0 Å². The fraction of sp³-hybridized carbons (Fsp3) is 0.200. The normalized spacial score (nSPS) is 13.1. The van der Waals surface area contributed by atoms with Gasteiger partial charge in [0, 0.05) is 30.2 Å². The molecule has 8 nitrogen and oxygen atoms in total. The Hall–Kier alpha value is -3.46. The van der Waals surface area contributed by atoms with Crippen molar-refractivity contribution in [2.45, 2.75) is 13.0 Å². The van der Waals surface area contributed by atoms with Crippen molar-refractivity contribution in [2.24, 2.45) is 5.73 Å². The van der Waals surface area contributed by atoms with Crippen LogP contribution in [-0.4, -0.2) is 38.9 Å². The molecule has 0 unspecified atom stereocenters. The molecule has 1 amide bonds. The molecule has 4 aromatic heterocycles. The fourth-order valence-corrected chi connectivity index (χ4v) is 4.27. The predicted molar refractivity (Wildman–Crippen MR) is 113 cm³/mol.